The Hall–Kier alpha value is -2.74. The van der Waals surface area contributed by atoms with Crippen molar-refractivity contribution in [3.05, 3.63) is 54.1 Å². The topological polar surface area (TPSA) is 79.0 Å². The van der Waals surface area contributed by atoms with E-state index in [0.717, 1.165) is 42.9 Å². The standard InChI is InChI=1S/C23H31N3O4S/c1-18(26(31(3,28)29)20-11-6-12-21(17-20)30-2)23(27)24-14-8-16-25-15-7-10-19-9-4-5-13-22(19)25/h4-6,9,11-13,17-18H,7-8,10,14-16H2,1-3H3,(H,24,27). The van der Waals surface area contributed by atoms with E-state index in [1.165, 1.54) is 18.4 Å². The summed E-state index contributed by atoms with van der Waals surface area (Å²) >= 11 is 0. The summed E-state index contributed by atoms with van der Waals surface area (Å²) in [7, 11) is -2.15. The van der Waals surface area contributed by atoms with Crippen LogP contribution in [0.5, 0.6) is 5.75 Å². The third kappa shape index (κ3) is 5.70. The van der Waals surface area contributed by atoms with E-state index in [1.807, 2.05) is 0 Å². The van der Waals surface area contributed by atoms with Crippen molar-refractivity contribution in [2.24, 2.45) is 0 Å². The molecule has 0 saturated carbocycles. The molecule has 0 spiro atoms. The number of para-hydroxylation sites is 1. The summed E-state index contributed by atoms with van der Waals surface area (Å²) in [5, 5.41) is 2.89. The first-order chi connectivity index (χ1) is 14.8. The third-order valence-electron chi connectivity index (χ3n) is 5.51. The second-order valence-electron chi connectivity index (χ2n) is 7.80. The molecule has 168 valence electrons. The molecule has 0 aromatic heterocycles. The van der Waals surface area contributed by atoms with Crippen molar-refractivity contribution >= 4 is 27.3 Å². The molecule has 0 bridgehead atoms. The number of carbonyl (C=O) groups excluding carboxylic acids is 1. The summed E-state index contributed by atoms with van der Waals surface area (Å²) in [4.78, 5) is 15.1. The van der Waals surface area contributed by atoms with Gasteiger partial charge in [0.05, 0.1) is 19.1 Å². The van der Waals surface area contributed by atoms with Crippen LogP contribution in [0.15, 0.2) is 48.5 Å². The number of nitrogens with zero attached hydrogens (tertiary/aromatic N) is 2. The number of aryl methyl sites for hydroxylation is 1. The van der Waals surface area contributed by atoms with Gasteiger partial charge in [0, 0.05) is 31.4 Å². The zero-order valence-corrected chi connectivity index (χ0v) is 19.2. The third-order valence-corrected chi connectivity index (χ3v) is 6.75. The Morgan fingerprint density at radius 3 is 2.74 bits per heavy atom. The summed E-state index contributed by atoms with van der Waals surface area (Å²) in [5.41, 5.74) is 3.04. The van der Waals surface area contributed by atoms with Crippen LogP contribution in [0, 0.1) is 0 Å². The van der Waals surface area contributed by atoms with Crippen LogP contribution in [-0.2, 0) is 21.2 Å². The SMILES string of the molecule is COc1cccc(N(C(C)C(=O)NCCCN2CCCc3ccccc32)S(C)(=O)=O)c1. The first kappa shape index (κ1) is 22.9. The minimum absolute atomic E-state index is 0.327. The Kier molecular flexibility index (Phi) is 7.43. The molecule has 0 radical (unpaired) electrons. The lowest BCUT2D eigenvalue weighted by Crippen LogP contribution is -2.48. The van der Waals surface area contributed by atoms with Crippen molar-refractivity contribution in [1.29, 1.82) is 0 Å². The Morgan fingerprint density at radius 2 is 2.00 bits per heavy atom. The molecule has 1 N–H and O–H groups in total. The number of carbonyl (C=O) groups is 1. The van der Waals surface area contributed by atoms with Crippen LogP contribution in [0.25, 0.3) is 0 Å². The van der Waals surface area contributed by atoms with Gasteiger partial charge in [0.1, 0.15) is 11.8 Å². The molecule has 0 fully saturated rings. The summed E-state index contributed by atoms with van der Waals surface area (Å²) in [6.07, 6.45) is 4.12. The van der Waals surface area contributed by atoms with Crippen LogP contribution >= 0.6 is 0 Å². The van der Waals surface area contributed by atoms with E-state index >= 15 is 0 Å². The van der Waals surface area contributed by atoms with Crippen molar-refractivity contribution in [2.45, 2.75) is 32.2 Å². The first-order valence-corrected chi connectivity index (χ1v) is 12.4. The Bertz CT molecular complexity index is 1010. The molecule has 1 aliphatic heterocycles. The van der Waals surface area contributed by atoms with Gasteiger partial charge in [-0.15, -0.1) is 0 Å². The number of anilines is 2. The zero-order valence-electron chi connectivity index (χ0n) is 18.4. The minimum atomic E-state index is -3.66. The molecule has 1 amide bonds. The van der Waals surface area contributed by atoms with Gasteiger partial charge in [-0.2, -0.15) is 0 Å². The van der Waals surface area contributed by atoms with Crippen LogP contribution in [0.4, 0.5) is 11.4 Å². The molecule has 8 heteroatoms. The maximum Gasteiger partial charge on any atom is 0.243 e. The van der Waals surface area contributed by atoms with Crippen molar-refractivity contribution < 1.29 is 17.9 Å². The number of nitrogens with one attached hydrogen (secondary N) is 1. The number of hydrogen-bond donors (Lipinski definition) is 1. The fourth-order valence-electron chi connectivity index (χ4n) is 4.03. The van der Waals surface area contributed by atoms with E-state index < -0.39 is 16.1 Å². The number of methoxy groups -OCH3 is 1. The number of sulfonamides is 1. The summed E-state index contributed by atoms with van der Waals surface area (Å²) in [5.74, 6) is 0.202. The maximum absolute atomic E-state index is 12.7. The molecule has 2 aromatic rings. The smallest absolute Gasteiger partial charge is 0.243 e. The van der Waals surface area contributed by atoms with Gasteiger partial charge in [0.15, 0.2) is 0 Å². The van der Waals surface area contributed by atoms with Gasteiger partial charge in [-0.3, -0.25) is 9.10 Å². The van der Waals surface area contributed by atoms with E-state index in [0.29, 0.717) is 18.0 Å². The van der Waals surface area contributed by atoms with E-state index in [2.05, 4.69) is 34.5 Å². The number of fused-ring (bicyclic) bond motifs is 1. The van der Waals surface area contributed by atoms with Crippen molar-refractivity contribution in [2.75, 3.05) is 42.2 Å². The fraction of sp³-hybridized carbons (Fsp3) is 0.435. The van der Waals surface area contributed by atoms with Crippen LogP contribution in [0.2, 0.25) is 0 Å². The van der Waals surface area contributed by atoms with Gasteiger partial charge in [-0.25, -0.2) is 8.42 Å². The highest BCUT2D eigenvalue weighted by atomic mass is 32.2. The number of hydrogen-bond acceptors (Lipinski definition) is 5. The number of ether oxygens (including phenoxy) is 1. The lowest BCUT2D eigenvalue weighted by atomic mass is 10.0. The molecule has 1 atom stereocenters. The molecular weight excluding hydrogens is 414 g/mol. The van der Waals surface area contributed by atoms with Gasteiger partial charge in [-0.05, 0) is 49.9 Å². The predicted octanol–water partition coefficient (Wildman–Crippen LogP) is 2.81. The second kappa shape index (κ2) is 10.0. The molecule has 1 aliphatic rings. The highest BCUT2D eigenvalue weighted by molar-refractivity contribution is 7.92. The summed E-state index contributed by atoms with van der Waals surface area (Å²) in [6, 6.07) is 14.3. The van der Waals surface area contributed by atoms with Crippen molar-refractivity contribution in [3.63, 3.8) is 0 Å². The van der Waals surface area contributed by atoms with E-state index in [4.69, 9.17) is 4.74 Å². The minimum Gasteiger partial charge on any atom is -0.497 e. The number of benzene rings is 2. The Labute approximate surface area is 185 Å². The normalized spacial score (nSPS) is 14.5. The largest absolute Gasteiger partial charge is 0.497 e. The fourth-order valence-corrected chi connectivity index (χ4v) is 5.20. The monoisotopic (exact) mass is 445 g/mol. The average molecular weight is 446 g/mol. The summed E-state index contributed by atoms with van der Waals surface area (Å²) < 4.78 is 31.2. The van der Waals surface area contributed by atoms with Crippen molar-refractivity contribution in [3.8, 4) is 5.75 Å². The number of amides is 1. The van der Waals surface area contributed by atoms with Gasteiger partial charge in [0.2, 0.25) is 15.9 Å². The van der Waals surface area contributed by atoms with Gasteiger partial charge in [0.25, 0.3) is 0 Å². The summed E-state index contributed by atoms with van der Waals surface area (Å²) in [6.45, 7) is 3.94. The molecular formula is C23H31N3O4S. The van der Waals surface area contributed by atoms with E-state index in [9.17, 15) is 13.2 Å². The van der Waals surface area contributed by atoms with Crippen LogP contribution < -0.4 is 19.3 Å². The molecule has 3 rings (SSSR count). The lowest BCUT2D eigenvalue weighted by molar-refractivity contribution is -0.121. The van der Waals surface area contributed by atoms with E-state index in [1.54, 1.807) is 31.2 Å². The van der Waals surface area contributed by atoms with Gasteiger partial charge < -0.3 is 15.0 Å². The van der Waals surface area contributed by atoms with Crippen LogP contribution in [-0.4, -0.2) is 53.4 Å². The van der Waals surface area contributed by atoms with Gasteiger partial charge in [-0.1, -0.05) is 24.3 Å². The molecule has 31 heavy (non-hydrogen) atoms. The molecule has 0 aliphatic carbocycles. The van der Waals surface area contributed by atoms with Crippen LogP contribution in [0.3, 0.4) is 0 Å². The van der Waals surface area contributed by atoms with Gasteiger partial charge >= 0.3 is 0 Å². The van der Waals surface area contributed by atoms with Crippen molar-refractivity contribution in [1.82, 2.24) is 5.32 Å². The highest BCUT2D eigenvalue weighted by Crippen LogP contribution is 2.27. The lowest BCUT2D eigenvalue weighted by Gasteiger charge is -2.31. The Morgan fingerprint density at radius 1 is 1.23 bits per heavy atom. The number of rotatable bonds is 9. The average Bonchev–Trinajstić information content (AvgIpc) is 2.75. The predicted molar refractivity (Wildman–Crippen MR) is 124 cm³/mol. The maximum atomic E-state index is 12.7. The van der Waals surface area contributed by atoms with Crippen LogP contribution in [0.1, 0.15) is 25.3 Å². The molecule has 2 aromatic carbocycles. The van der Waals surface area contributed by atoms with E-state index in [-0.39, 0.29) is 5.91 Å². The first-order valence-electron chi connectivity index (χ1n) is 10.6. The highest BCUT2D eigenvalue weighted by Gasteiger charge is 2.29. The molecule has 1 heterocycles. The Balaban J connectivity index is 1.59. The zero-order chi connectivity index (χ0) is 22.4. The molecule has 0 saturated heterocycles. The molecule has 7 nitrogen and oxygen atoms in total. The second-order valence-corrected chi connectivity index (χ2v) is 9.66. The molecule has 1 unspecified atom stereocenters. The quantitative estimate of drug-likeness (QED) is 0.601.